The summed E-state index contributed by atoms with van der Waals surface area (Å²) in [5.74, 6) is -0.706. The molecule has 26 heavy (non-hydrogen) atoms. The van der Waals surface area contributed by atoms with Crippen LogP contribution in [0, 0.1) is 5.82 Å². The van der Waals surface area contributed by atoms with Crippen molar-refractivity contribution in [3.8, 4) is 0 Å². The average molecular weight is 394 g/mol. The van der Waals surface area contributed by atoms with E-state index in [4.69, 9.17) is 4.74 Å². The number of rotatable bonds is 5. The number of benzene rings is 1. The number of carbonyl (C=O) groups is 2. The number of ether oxygens (including phenoxy) is 1. The van der Waals surface area contributed by atoms with Gasteiger partial charge in [-0.2, -0.15) is 0 Å². The van der Waals surface area contributed by atoms with E-state index < -0.39 is 5.97 Å². The molecule has 1 heterocycles. The van der Waals surface area contributed by atoms with Crippen molar-refractivity contribution in [1.82, 2.24) is 0 Å². The molecule has 0 bridgehead atoms. The molecule has 1 N–H and O–H groups in total. The summed E-state index contributed by atoms with van der Waals surface area (Å²) >= 11 is 2.80. The molecule has 4 nitrogen and oxygen atoms in total. The van der Waals surface area contributed by atoms with E-state index in [9.17, 15) is 14.0 Å². The quantitative estimate of drug-likeness (QED) is 0.455. The molecule has 138 valence electrons. The van der Waals surface area contributed by atoms with Gasteiger partial charge < -0.3 is 10.1 Å². The van der Waals surface area contributed by atoms with Crippen molar-refractivity contribution in [2.24, 2.45) is 0 Å². The van der Waals surface area contributed by atoms with Crippen molar-refractivity contribution in [3.05, 3.63) is 46.1 Å². The lowest BCUT2D eigenvalue weighted by Crippen LogP contribution is -2.16. The van der Waals surface area contributed by atoms with Gasteiger partial charge in [0.15, 0.2) is 0 Å². The molecule has 0 aliphatic heterocycles. The molecule has 1 aliphatic carbocycles. The van der Waals surface area contributed by atoms with Gasteiger partial charge in [-0.1, -0.05) is 6.42 Å². The van der Waals surface area contributed by atoms with Gasteiger partial charge >= 0.3 is 5.97 Å². The van der Waals surface area contributed by atoms with Crippen molar-refractivity contribution in [3.63, 3.8) is 0 Å². The molecule has 0 radical (unpaired) electrons. The topological polar surface area (TPSA) is 55.4 Å². The fourth-order valence-electron chi connectivity index (χ4n) is 2.99. The van der Waals surface area contributed by atoms with Crippen LogP contribution < -0.4 is 5.32 Å². The zero-order chi connectivity index (χ0) is 18.5. The molecular weight excluding hydrogens is 373 g/mol. The van der Waals surface area contributed by atoms with Gasteiger partial charge in [0.1, 0.15) is 10.8 Å². The number of thiophene rings is 1. The van der Waals surface area contributed by atoms with Crippen molar-refractivity contribution in [1.29, 1.82) is 0 Å². The predicted octanol–water partition coefficient (Wildman–Crippen LogP) is 4.67. The summed E-state index contributed by atoms with van der Waals surface area (Å²) in [5.41, 5.74) is 1.54. The number of hydrogen-bond acceptors (Lipinski definition) is 5. The van der Waals surface area contributed by atoms with Gasteiger partial charge in [-0.15, -0.1) is 23.1 Å². The average Bonchev–Trinajstić information content (AvgIpc) is 2.81. The summed E-state index contributed by atoms with van der Waals surface area (Å²) in [6, 6.07) is 6.01. The van der Waals surface area contributed by atoms with E-state index in [1.54, 1.807) is 12.1 Å². The minimum absolute atomic E-state index is 0.189. The number of methoxy groups -OCH3 is 1. The van der Waals surface area contributed by atoms with Crippen LogP contribution in [0.25, 0.3) is 0 Å². The van der Waals surface area contributed by atoms with Gasteiger partial charge in [-0.3, -0.25) is 4.79 Å². The fraction of sp³-hybridized carbons (Fsp3) is 0.368. The monoisotopic (exact) mass is 393 g/mol. The molecule has 1 aromatic heterocycles. The van der Waals surface area contributed by atoms with E-state index >= 15 is 0 Å². The standard InChI is InChI=1S/C19H20FNO3S2/c1-24-19(23)17-14-5-3-2-4-6-15(14)26-18(17)21-16(22)11-25-13-9-7-12(20)8-10-13/h7-10H,2-6,11H2,1H3,(H,21,22). The van der Waals surface area contributed by atoms with Gasteiger partial charge in [0.05, 0.1) is 18.4 Å². The van der Waals surface area contributed by atoms with Gasteiger partial charge in [0.25, 0.3) is 0 Å². The highest BCUT2D eigenvalue weighted by Gasteiger charge is 2.26. The molecule has 0 atom stereocenters. The zero-order valence-corrected chi connectivity index (χ0v) is 16.1. The Kier molecular flexibility index (Phi) is 6.32. The van der Waals surface area contributed by atoms with Crippen molar-refractivity contribution >= 4 is 40.0 Å². The Morgan fingerprint density at radius 2 is 1.92 bits per heavy atom. The van der Waals surface area contributed by atoms with Gasteiger partial charge in [-0.05, 0) is 55.5 Å². The molecule has 2 aromatic rings. The Balaban J connectivity index is 1.72. The van der Waals surface area contributed by atoms with Crippen LogP contribution in [0.2, 0.25) is 0 Å². The summed E-state index contributed by atoms with van der Waals surface area (Å²) in [6.45, 7) is 0. The summed E-state index contributed by atoms with van der Waals surface area (Å²) in [5, 5.41) is 3.45. The normalized spacial score (nSPS) is 13.6. The number of anilines is 1. The minimum atomic E-state index is -0.397. The largest absolute Gasteiger partial charge is 0.465 e. The number of nitrogens with one attached hydrogen (secondary N) is 1. The smallest absolute Gasteiger partial charge is 0.341 e. The Labute approximate surface area is 160 Å². The third-order valence-electron chi connectivity index (χ3n) is 4.25. The van der Waals surface area contributed by atoms with Gasteiger partial charge in [-0.25, -0.2) is 9.18 Å². The zero-order valence-electron chi connectivity index (χ0n) is 14.5. The number of aryl methyl sites for hydroxylation is 1. The lowest BCUT2D eigenvalue weighted by Gasteiger charge is -2.07. The van der Waals surface area contributed by atoms with E-state index in [1.807, 2.05) is 0 Å². The second-order valence-corrected chi connectivity index (χ2v) is 8.20. The minimum Gasteiger partial charge on any atom is -0.465 e. The number of amides is 1. The number of esters is 1. The van der Waals surface area contributed by atoms with Gasteiger partial charge in [0, 0.05) is 9.77 Å². The van der Waals surface area contributed by atoms with Gasteiger partial charge in [0.2, 0.25) is 5.91 Å². The van der Waals surface area contributed by atoms with Crippen LogP contribution in [0.1, 0.15) is 40.1 Å². The first kappa shape index (κ1) is 18.9. The highest BCUT2D eigenvalue weighted by atomic mass is 32.2. The lowest BCUT2D eigenvalue weighted by atomic mass is 10.1. The molecule has 0 spiro atoms. The maximum atomic E-state index is 12.9. The third kappa shape index (κ3) is 4.45. The van der Waals surface area contributed by atoms with Crippen LogP contribution in [-0.4, -0.2) is 24.7 Å². The summed E-state index contributed by atoms with van der Waals surface area (Å²) in [6.07, 6.45) is 5.07. The van der Waals surface area contributed by atoms with E-state index in [-0.39, 0.29) is 17.5 Å². The molecule has 0 saturated carbocycles. The molecule has 1 aliphatic rings. The summed E-state index contributed by atoms with van der Waals surface area (Å²) in [4.78, 5) is 26.6. The SMILES string of the molecule is COC(=O)c1c(NC(=O)CSc2ccc(F)cc2)sc2c1CCCCC2. The fourth-order valence-corrected chi connectivity index (χ4v) is 4.98. The van der Waals surface area contributed by atoms with Crippen molar-refractivity contribution in [2.45, 2.75) is 37.0 Å². The van der Waals surface area contributed by atoms with Crippen LogP contribution >= 0.6 is 23.1 Å². The van der Waals surface area contributed by atoms with Crippen molar-refractivity contribution < 1.29 is 18.7 Å². The molecule has 0 fully saturated rings. The molecular formula is C19H20FNO3S2. The van der Waals surface area contributed by atoms with E-state index in [2.05, 4.69) is 5.32 Å². The Hall–Kier alpha value is -1.86. The van der Waals surface area contributed by atoms with Crippen molar-refractivity contribution in [2.75, 3.05) is 18.2 Å². The highest BCUT2D eigenvalue weighted by molar-refractivity contribution is 8.00. The Morgan fingerprint density at radius 1 is 1.19 bits per heavy atom. The first-order chi connectivity index (χ1) is 12.6. The van der Waals surface area contributed by atoms with E-state index in [1.165, 1.54) is 47.2 Å². The molecule has 7 heteroatoms. The van der Waals surface area contributed by atoms with Crippen LogP contribution in [0.3, 0.4) is 0 Å². The maximum absolute atomic E-state index is 12.9. The van der Waals surface area contributed by atoms with Crippen LogP contribution in [-0.2, 0) is 22.4 Å². The molecule has 1 amide bonds. The molecule has 0 saturated heterocycles. The maximum Gasteiger partial charge on any atom is 0.341 e. The van der Waals surface area contributed by atoms with Crippen LogP contribution in [0.5, 0.6) is 0 Å². The lowest BCUT2D eigenvalue weighted by molar-refractivity contribution is -0.113. The highest BCUT2D eigenvalue weighted by Crippen LogP contribution is 2.38. The number of hydrogen-bond donors (Lipinski definition) is 1. The first-order valence-electron chi connectivity index (χ1n) is 8.49. The number of carbonyl (C=O) groups excluding carboxylic acids is 2. The van der Waals surface area contributed by atoms with E-state index in [0.717, 1.165) is 42.6 Å². The molecule has 1 aromatic carbocycles. The van der Waals surface area contributed by atoms with Crippen LogP contribution in [0.15, 0.2) is 29.2 Å². The predicted molar refractivity (Wildman–Crippen MR) is 103 cm³/mol. The molecule has 0 unspecified atom stereocenters. The first-order valence-corrected chi connectivity index (χ1v) is 10.3. The summed E-state index contributed by atoms with van der Waals surface area (Å²) < 4.78 is 17.9. The summed E-state index contributed by atoms with van der Waals surface area (Å²) in [7, 11) is 1.36. The number of fused-ring (bicyclic) bond motifs is 1. The Bertz CT molecular complexity index is 802. The number of thioether (sulfide) groups is 1. The van der Waals surface area contributed by atoms with E-state index in [0.29, 0.717) is 10.6 Å². The second-order valence-electron chi connectivity index (χ2n) is 6.05. The van der Waals surface area contributed by atoms with Crippen LogP contribution in [0.4, 0.5) is 9.39 Å². The third-order valence-corrected chi connectivity index (χ3v) is 6.47. The molecule has 3 rings (SSSR count). The Morgan fingerprint density at radius 3 is 2.65 bits per heavy atom. The second kappa shape index (κ2) is 8.68. The number of halogens is 1.